The first-order valence-corrected chi connectivity index (χ1v) is 9.08. The summed E-state index contributed by atoms with van der Waals surface area (Å²) in [6, 6.07) is 0.808. The Morgan fingerprint density at radius 3 is 2.52 bits per heavy atom. The maximum Gasteiger partial charge on any atom is 0.225 e. The summed E-state index contributed by atoms with van der Waals surface area (Å²) in [4.78, 5) is 17.6. The molecule has 1 N–H and O–H groups in total. The summed E-state index contributed by atoms with van der Waals surface area (Å²) in [5.41, 5.74) is 0. The fourth-order valence-electron chi connectivity index (χ4n) is 4.32. The monoisotopic (exact) mass is 293 g/mol. The molecule has 4 heteroatoms. The molecule has 1 unspecified atom stereocenters. The minimum absolute atomic E-state index is 0.276. The van der Waals surface area contributed by atoms with Crippen LogP contribution in [-0.4, -0.2) is 61.0 Å². The lowest BCUT2D eigenvalue weighted by molar-refractivity contribution is -0.135. The van der Waals surface area contributed by atoms with Crippen molar-refractivity contribution < 1.29 is 4.79 Å². The topological polar surface area (TPSA) is 35.6 Å². The summed E-state index contributed by atoms with van der Waals surface area (Å²) >= 11 is 0. The van der Waals surface area contributed by atoms with Crippen LogP contribution in [0.4, 0.5) is 0 Å². The highest BCUT2D eigenvalue weighted by Gasteiger charge is 2.29. The van der Waals surface area contributed by atoms with E-state index in [9.17, 15) is 4.79 Å². The highest BCUT2D eigenvalue weighted by atomic mass is 16.2. The normalized spacial score (nSPS) is 30.1. The second-order valence-corrected chi connectivity index (χ2v) is 7.03. The van der Waals surface area contributed by atoms with Crippen LogP contribution in [0.3, 0.4) is 0 Å². The molecule has 4 nitrogen and oxygen atoms in total. The van der Waals surface area contributed by atoms with Gasteiger partial charge in [-0.2, -0.15) is 0 Å². The molecular formula is C17H31N3O. The van der Waals surface area contributed by atoms with E-state index in [0.29, 0.717) is 5.91 Å². The maximum absolute atomic E-state index is 12.8. The molecule has 2 aliphatic heterocycles. The number of carbonyl (C=O) groups is 1. The molecule has 0 aromatic heterocycles. The maximum atomic E-state index is 12.8. The van der Waals surface area contributed by atoms with E-state index in [1.54, 1.807) is 0 Å². The van der Waals surface area contributed by atoms with Gasteiger partial charge in [0.2, 0.25) is 5.91 Å². The van der Waals surface area contributed by atoms with Gasteiger partial charge in [0, 0.05) is 38.1 Å². The van der Waals surface area contributed by atoms with Gasteiger partial charge < -0.3 is 10.2 Å². The Morgan fingerprint density at radius 1 is 0.810 bits per heavy atom. The van der Waals surface area contributed by atoms with E-state index < -0.39 is 0 Å². The van der Waals surface area contributed by atoms with Gasteiger partial charge >= 0.3 is 0 Å². The van der Waals surface area contributed by atoms with Crippen molar-refractivity contribution in [3.63, 3.8) is 0 Å². The van der Waals surface area contributed by atoms with Gasteiger partial charge in [-0.25, -0.2) is 0 Å². The molecule has 1 saturated carbocycles. The summed E-state index contributed by atoms with van der Waals surface area (Å²) in [5.74, 6) is 0.713. The highest BCUT2D eigenvalue weighted by molar-refractivity contribution is 5.78. The second-order valence-electron chi connectivity index (χ2n) is 7.03. The molecule has 21 heavy (non-hydrogen) atoms. The third kappa shape index (κ3) is 3.98. The van der Waals surface area contributed by atoms with Crippen LogP contribution >= 0.6 is 0 Å². The first kappa shape index (κ1) is 15.3. The summed E-state index contributed by atoms with van der Waals surface area (Å²) in [6.07, 6.45) is 9.98. The van der Waals surface area contributed by atoms with Gasteiger partial charge in [0.1, 0.15) is 0 Å². The predicted molar refractivity (Wildman–Crippen MR) is 85.2 cm³/mol. The minimum atomic E-state index is 0.276. The first-order chi connectivity index (χ1) is 10.3. The van der Waals surface area contributed by atoms with Gasteiger partial charge in [-0.1, -0.05) is 12.8 Å². The average Bonchev–Trinajstić information content (AvgIpc) is 2.78. The lowest BCUT2D eigenvalue weighted by atomic mass is 9.99. The zero-order chi connectivity index (χ0) is 14.5. The van der Waals surface area contributed by atoms with E-state index >= 15 is 0 Å². The Labute approximate surface area is 129 Å². The van der Waals surface area contributed by atoms with Crippen LogP contribution < -0.4 is 5.32 Å². The molecule has 3 aliphatic rings. The smallest absolute Gasteiger partial charge is 0.225 e. The number of amides is 1. The quantitative estimate of drug-likeness (QED) is 0.844. The molecule has 0 aromatic rings. The molecule has 2 saturated heterocycles. The molecule has 0 aromatic carbocycles. The molecule has 0 bridgehead atoms. The third-order valence-electron chi connectivity index (χ3n) is 5.61. The molecule has 3 fully saturated rings. The van der Waals surface area contributed by atoms with Crippen molar-refractivity contribution in [2.45, 2.75) is 57.4 Å². The lowest BCUT2D eigenvalue weighted by Crippen LogP contribution is -2.40. The molecule has 1 atom stereocenters. The van der Waals surface area contributed by atoms with Crippen molar-refractivity contribution in [2.75, 3.05) is 39.3 Å². The SMILES string of the molecule is O=C(C1CCCNCC1)N1CCCN(C2CCCC2)CC1. The van der Waals surface area contributed by atoms with Gasteiger partial charge in [0.25, 0.3) is 0 Å². The molecule has 1 aliphatic carbocycles. The molecule has 1 amide bonds. The number of carbonyl (C=O) groups excluding carboxylic acids is 1. The number of rotatable bonds is 2. The summed E-state index contributed by atoms with van der Waals surface area (Å²) in [6.45, 7) is 6.32. The molecule has 3 rings (SSSR count). The van der Waals surface area contributed by atoms with Crippen molar-refractivity contribution in [3.05, 3.63) is 0 Å². The zero-order valence-electron chi connectivity index (χ0n) is 13.4. The van der Waals surface area contributed by atoms with Crippen LogP contribution in [0.1, 0.15) is 51.4 Å². The number of hydrogen-bond donors (Lipinski definition) is 1. The van der Waals surface area contributed by atoms with E-state index in [1.165, 1.54) is 32.2 Å². The summed E-state index contributed by atoms with van der Waals surface area (Å²) < 4.78 is 0. The van der Waals surface area contributed by atoms with E-state index in [1.807, 2.05) is 0 Å². The van der Waals surface area contributed by atoms with Crippen LogP contribution in [0.25, 0.3) is 0 Å². The average molecular weight is 293 g/mol. The predicted octanol–water partition coefficient (Wildman–Crippen LogP) is 1.85. The zero-order valence-corrected chi connectivity index (χ0v) is 13.4. The highest BCUT2D eigenvalue weighted by Crippen LogP contribution is 2.25. The van der Waals surface area contributed by atoms with Crippen LogP contribution in [0.5, 0.6) is 0 Å². The van der Waals surface area contributed by atoms with Gasteiger partial charge in [0.05, 0.1) is 0 Å². The number of nitrogens with one attached hydrogen (secondary N) is 1. The standard InChI is InChI=1S/C17H31N3O/c21-17(15-5-3-9-18-10-8-15)20-12-4-11-19(13-14-20)16-6-1-2-7-16/h15-16,18H,1-14H2. The second kappa shape index (κ2) is 7.59. The minimum Gasteiger partial charge on any atom is -0.341 e. The van der Waals surface area contributed by atoms with Crippen molar-refractivity contribution in [1.29, 1.82) is 0 Å². The Morgan fingerprint density at radius 2 is 1.67 bits per heavy atom. The lowest BCUT2D eigenvalue weighted by Gasteiger charge is -2.28. The molecule has 120 valence electrons. The van der Waals surface area contributed by atoms with Crippen molar-refractivity contribution in [1.82, 2.24) is 15.1 Å². The van der Waals surface area contributed by atoms with E-state index in [0.717, 1.165) is 64.4 Å². The Kier molecular flexibility index (Phi) is 5.53. The third-order valence-corrected chi connectivity index (χ3v) is 5.61. The number of hydrogen-bond acceptors (Lipinski definition) is 3. The van der Waals surface area contributed by atoms with Gasteiger partial charge in [0.15, 0.2) is 0 Å². The van der Waals surface area contributed by atoms with Crippen LogP contribution in [-0.2, 0) is 4.79 Å². The van der Waals surface area contributed by atoms with Crippen molar-refractivity contribution >= 4 is 5.91 Å². The van der Waals surface area contributed by atoms with Gasteiger partial charge in [-0.15, -0.1) is 0 Å². The first-order valence-electron chi connectivity index (χ1n) is 9.08. The molecule has 0 spiro atoms. The van der Waals surface area contributed by atoms with E-state index in [-0.39, 0.29) is 5.92 Å². The molecule has 0 radical (unpaired) electrons. The van der Waals surface area contributed by atoms with Gasteiger partial charge in [-0.05, 0) is 51.6 Å². The van der Waals surface area contributed by atoms with Gasteiger partial charge in [-0.3, -0.25) is 9.69 Å². The number of nitrogens with zero attached hydrogens (tertiary/aromatic N) is 2. The Hall–Kier alpha value is -0.610. The fourth-order valence-corrected chi connectivity index (χ4v) is 4.32. The van der Waals surface area contributed by atoms with Crippen molar-refractivity contribution in [3.8, 4) is 0 Å². The summed E-state index contributed by atoms with van der Waals surface area (Å²) in [5, 5.41) is 3.41. The Bertz CT molecular complexity index is 333. The largest absolute Gasteiger partial charge is 0.341 e. The van der Waals surface area contributed by atoms with Crippen LogP contribution in [0, 0.1) is 5.92 Å². The molecular weight excluding hydrogens is 262 g/mol. The van der Waals surface area contributed by atoms with E-state index in [4.69, 9.17) is 0 Å². The fraction of sp³-hybridized carbons (Fsp3) is 0.941. The Balaban J connectivity index is 1.52. The van der Waals surface area contributed by atoms with Crippen LogP contribution in [0.15, 0.2) is 0 Å². The van der Waals surface area contributed by atoms with E-state index in [2.05, 4.69) is 15.1 Å². The summed E-state index contributed by atoms with van der Waals surface area (Å²) in [7, 11) is 0. The molecule has 2 heterocycles. The van der Waals surface area contributed by atoms with Crippen molar-refractivity contribution in [2.24, 2.45) is 5.92 Å². The van der Waals surface area contributed by atoms with Crippen LogP contribution in [0.2, 0.25) is 0 Å².